The van der Waals surface area contributed by atoms with Crippen LogP contribution < -0.4 is 5.32 Å². The lowest BCUT2D eigenvalue weighted by Gasteiger charge is -2.11. The first-order chi connectivity index (χ1) is 7.75. The van der Waals surface area contributed by atoms with Crippen molar-refractivity contribution >= 4 is 17.2 Å². The van der Waals surface area contributed by atoms with Gasteiger partial charge in [0.05, 0.1) is 6.20 Å². The second-order valence-corrected chi connectivity index (χ2v) is 4.57. The van der Waals surface area contributed by atoms with Gasteiger partial charge < -0.3 is 9.84 Å². The molecule has 0 aliphatic heterocycles. The van der Waals surface area contributed by atoms with Crippen molar-refractivity contribution in [3.8, 4) is 0 Å². The van der Waals surface area contributed by atoms with E-state index >= 15 is 0 Å². The Morgan fingerprint density at radius 3 is 3.12 bits per heavy atom. The summed E-state index contributed by atoms with van der Waals surface area (Å²) in [5.74, 6) is 0.0274. The van der Waals surface area contributed by atoms with Gasteiger partial charge in [0.1, 0.15) is 0 Å². The molecule has 0 aliphatic carbocycles. The van der Waals surface area contributed by atoms with Gasteiger partial charge in [-0.15, -0.1) is 11.3 Å². The largest absolute Gasteiger partial charge is 0.351 e. The van der Waals surface area contributed by atoms with Gasteiger partial charge in [-0.05, 0) is 18.4 Å². The molecule has 1 amide bonds. The fourth-order valence-corrected chi connectivity index (χ4v) is 2.24. The monoisotopic (exact) mass is 236 g/mol. The Labute approximate surface area is 97.3 Å². The third-order valence-corrected chi connectivity index (χ3v) is 3.03. The van der Waals surface area contributed by atoms with E-state index in [-0.39, 0.29) is 17.7 Å². The topological polar surface area (TPSA) is 55.1 Å². The molecule has 0 bridgehead atoms. The highest BCUT2D eigenvalue weighted by molar-refractivity contribution is 7.09. The molecule has 0 saturated heterocycles. The highest BCUT2D eigenvalue weighted by Crippen LogP contribution is 2.11. The lowest BCUT2D eigenvalue weighted by atomic mass is 10.2. The van der Waals surface area contributed by atoms with Crippen LogP contribution in [0.3, 0.4) is 0 Å². The number of rotatable bonds is 4. The minimum atomic E-state index is -0.221. The van der Waals surface area contributed by atoms with E-state index in [9.17, 15) is 4.79 Å². The summed E-state index contributed by atoms with van der Waals surface area (Å²) in [6.07, 6.45) is 2.29. The Morgan fingerprint density at radius 2 is 2.50 bits per heavy atom. The fraction of sp³-hybridized carbons (Fsp3) is 0.273. The molecular weight excluding hydrogens is 224 g/mol. The third kappa shape index (κ3) is 2.70. The van der Waals surface area contributed by atoms with E-state index < -0.39 is 0 Å². The smallest absolute Gasteiger partial charge is 0.290 e. The first-order valence-corrected chi connectivity index (χ1v) is 5.87. The van der Waals surface area contributed by atoms with Crippen LogP contribution in [0.2, 0.25) is 0 Å². The van der Waals surface area contributed by atoms with E-state index in [0.717, 1.165) is 6.42 Å². The minimum Gasteiger partial charge on any atom is -0.351 e. The zero-order valence-corrected chi connectivity index (χ0v) is 9.66. The quantitative estimate of drug-likeness (QED) is 0.884. The summed E-state index contributed by atoms with van der Waals surface area (Å²) < 4.78 is 4.77. The van der Waals surface area contributed by atoms with Crippen molar-refractivity contribution in [3.63, 3.8) is 0 Å². The normalized spacial score (nSPS) is 12.3. The van der Waals surface area contributed by atoms with Crippen LogP contribution in [-0.2, 0) is 6.42 Å². The Kier molecular flexibility index (Phi) is 3.36. The average molecular weight is 236 g/mol. The molecule has 4 nitrogen and oxygen atoms in total. The van der Waals surface area contributed by atoms with Gasteiger partial charge in [-0.1, -0.05) is 11.2 Å². The fourth-order valence-electron chi connectivity index (χ4n) is 1.41. The summed E-state index contributed by atoms with van der Waals surface area (Å²) >= 11 is 1.69. The SMILES string of the molecule is C[C@H](Cc1cccs1)NC(=O)c1ccno1. The van der Waals surface area contributed by atoms with Crippen LogP contribution in [-0.4, -0.2) is 17.1 Å². The number of aromatic nitrogens is 1. The molecule has 2 heterocycles. The van der Waals surface area contributed by atoms with Gasteiger partial charge in [0, 0.05) is 23.4 Å². The van der Waals surface area contributed by atoms with Gasteiger partial charge in [0.25, 0.3) is 5.91 Å². The summed E-state index contributed by atoms with van der Waals surface area (Å²) in [6, 6.07) is 5.69. The first-order valence-electron chi connectivity index (χ1n) is 4.99. The van der Waals surface area contributed by atoms with Crippen LogP contribution in [0.1, 0.15) is 22.4 Å². The van der Waals surface area contributed by atoms with Gasteiger partial charge in [-0.3, -0.25) is 4.79 Å². The van der Waals surface area contributed by atoms with Crippen molar-refractivity contribution in [2.24, 2.45) is 0 Å². The van der Waals surface area contributed by atoms with E-state index in [1.54, 1.807) is 17.4 Å². The Balaban J connectivity index is 1.88. The molecule has 0 aliphatic rings. The number of carbonyl (C=O) groups excluding carboxylic acids is 1. The van der Waals surface area contributed by atoms with Crippen molar-refractivity contribution in [2.75, 3.05) is 0 Å². The van der Waals surface area contributed by atoms with Crippen molar-refractivity contribution in [2.45, 2.75) is 19.4 Å². The molecule has 5 heteroatoms. The summed E-state index contributed by atoms with van der Waals surface area (Å²) in [5.41, 5.74) is 0. The van der Waals surface area contributed by atoms with Gasteiger partial charge in [-0.25, -0.2) is 0 Å². The van der Waals surface area contributed by atoms with Gasteiger partial charge >= 0.3 is 0 Å². The number of amides is 1. The van der Waals surface area contributed by atoms with E-state index in [2.05, 4.69) is 16.5 Å². The number of thiophene rings is 1. The molecule has 0 unspecified atom stereocenters. The number of hydrogen-bond acceptors (Lipinski definition) is 4. The van der Waals surface area contributed by atoms with Crippen molar-refractivity contribution in [3.05, 3.63) is 40.4 Å². The van der Waals surface area contributed by atoms with Crippen LogP contribution in [0.4, 0.5) is 0 Å². The average Bonchev–Trinajstić information content (AvgIpc) is 2.88. The maximum Gasteiger partial charge on any atom is 0.290 e. The Bertz CT molecular complexity index is 437. The molecule has 2 aromatic heterocycles. The standard InChI is InChI=1S/C11H12N2O2S/c1-8(7-9-3-2-6-16-9)13-11(14)10-4-5-12-15-10/h2-6,8H,7H2,1H3,(H,13,14)/t8-/m1/s1. The second kappa shape index (κ2) is 4.94. The van der Waals surface area contributed by atoms with Crippen LogP contribution >= 0.6 is 11.3 Å². The predicted octanol–water partition coefficient (Wildman–Crippen LogP) is 2.10. The van der Waals surface area contributed by atoms with E-state index in [0.29, 0.717) is 0 Å². The van der Waals surface area contributed by atoms with Crippen LogP contribution in [0.25, 0.3) is 0 Å². The van der Waals surface area contributed by atoms with Gasteiger partial charge in [-0.2, -0.15) is 0 Å². The van der Waals surface area contributed by atoms with Crippen LogP contribution in [0.15, 0.2) is 34.3 Å². The van der Waals surface area contributed by atoms with Crippen LogP contribution in [0, 0.1) is 0 Å². The second-order valence-electron chi connectivity index (χ2n) is 3.53. The molecule has 0 fully saturated rings. The maximum absolute atomic E-state index is 11.6. The van der Waals surface area contributed by atoms with E-state index in [4.69, 9.17) is 4.52 Å². The zero-order chi connectivity index (χ0) is 11.4. The summed E-state index contributed by atoms with van der Waals surface area (Å²) in [7, 11) is 0. The summed E-state index contributed by atoms with van der Waals surface area (Å²) in [6.45, 7) is 1.97. The molecule has 0 aromatic carbocycles. The molecule has 2 aromatic rings. The van der Waals surface area contributed by atoms with Gasteiger partial charge in [0.2, 0.25) is 5.76 Å². The highest BCUT2D eigenvalue weighted by Gasteiger charge is 2.13. The van der Waals surface area contributed by atoms with Crippen molar-refractivity contribution in [1.29, 1.82) is 0 Å². The number of hydrogen-bond donors (Lipinski definition) is 1. The number of nitrogens with one attached hydrogen (secondary N) is 1. The predicted molar refractivity (Wildman–Crippen MR) is 61.5 cm³/mol. The summed E-state index contributed by atoms with van der Waals surface area (Å²) in [5, 5.41) is 8.38. The first kappa shape index (κ1) is 10.9. The molecule has 0 radical (unpaired) electrons. The lowest BCUT2D eigenvalue weighted by Crippen LogP contribution is -2.33. The molecule has 1 N–H and O–H groups in total. The minimum absolute atomic E-state index is 0.0799. The summed E-state index contributed by atoms with van der Waals surface area (Å²) in [4.78, 5) is 12.9. The Morgan fingerprint density at radius 1 is 1.62 bits per heavy atom. The number of carbonyl (C=O) groups is 1. The van der Waals surface area contributed by atoms with E-state index in [1.165, 1.54) is 11.1 Å². The van der Waals surface area contributed by atoms with Crippen molar-refractivity contribution in [1.82, 2.24) is 10.5 Å². The molecule has 0 saturated carbocycles. The Hall–Kier alpha value is -1.62. The van der Waals surface area contributed by atoms with Crippen LogP contribution in [0.5, 0.6) is 0 Å². The molecule has 84 valence electrons. The molecule has 0 spiro atoms. The molecule has 1 atom stereocenters. The van der Waals surface area contributed by atoms with E-state index in [1.807, 2.05) is 18.4 Å². The zero-order valence-electron chi connectivity index (χ0n) is 8.84. The van der Waals surface area contributed by atoms with Gasteiger partial charge in [0.15, 0.2) is 0 Å². The number of nitrogens with zero attached hydrogens (tertiary/aromatic N) is 1. The molecule has 2 rings (SSSR count). The molecular formula is C11H12N2O2S. The third-order valence-electron chi connectivity index (χ3n) is 2.13. The molecule has 16 heavy (non-hydrogen) atoms. The highest BCUT2D eigenvalue weighted by atomic mass is 32.1. The maximum atomic E-state index is 11.6. The van der Waals surface area contributed by atoms with Crippen molar-refractivity contribution < 1.29 is 9.32 Å². The lowest BCUT2D eigenvalue weighted by molar-refractivity contribution is 0.0903.